The molecule has 0 aromatic rings. The van der Waals surface area contributed by atoms with E-state index in [-0.39, 0.29) is 151 Å². The first-order valence-electron chi connectivity index (χ1n) is 0. The minimum atomic E-state index is 0. The second-order valence-corrected chi connectivity index (χ2v) is 0. The zero-order chi connectivity index (χ0) is 0. The first kappa shape index (κ1) is 85.0. The fourth-order valence-corrected chi connectivity index (χ4v) is 0. The van der Waals surface area contributed by atoms with Crippen LogP contribution in [0.15, 0.2) is 0 Å². The van der Waals surface area contributed by atoms with Crippen LogP contribution in [0.3, 0.4) is 0 Å². The third-order valence-electron chi connectivity index (χ3n) is 0. The summed E-state index contributed by atoms with van der Waals surface area (Å²) in [6.07, 6.45) is 0. The van der Waals surface area contributed by atoms with E-state index in [2.05, 4.69) is 0 Å². The van der Waals surface area contributed by atoms with E-state index in [1.165, 1.54) is 0 Å². The van der Waals surface area contributed by atoms with E-state index in [1.54, 1.807) is 0 Å². The minimum absolute atomic E-state index is 0. The fourth-order valence-electron chi connectivity index (χ4n) is 0. The van der Waals surface area contributed by atoms with Gasteiger partial charge in [0.1, 0.15) is 0 Å². The van der Waals surface area contributed by atoms with Crippen molar-refractivity contribution in [3.05, 3.63) is 0 Å². The monoisotopic (exact) mass is 533 g/mol. The second-order valence-electron chi connectivity index (χ2n) is 0. The Hall–Kier alpha value is 4.30. The average molecular weight is 534 g/mol. The van der Waals surface area contributed by atoms with Gasteiger partial charge in [-0.2, -0.15) is 0 Å². The molecule has 0 nitrogen and oxygen atoms in total. The Bertz CT molecular complexity index is 8.49. The second kappa shape index (κ2) is 64.9. The summed E-state index contributed by atoms with van der Waals surface area (Å²) in [5.74, 6) is 0. The molecule has 0 rings (SSSR count). The maximum atomic E-state index is 0. The quantitative estimate of drug-likeness (QED) is 0.290. The van der Waals surface area contributed by atoms with E-state index >= 15 is 0 Å². The SMILES string of the molecule is [Cl-].[Cl-].[Cl-].[Cl-].[Cl-].[Cl-].[Dy+3].[Tb+3]. The van der Waals surface area contributed by atoms with Crippen molar-refractivity contribution in [1.82, 2.24) is 0 Å². The molecule has 0 aliphatic heterocycles. The van der Waals surface area contributed by atoms with Crippen molar-refractivity contribution in [2.45, 2.75) is 0 Å². The largest absolute Gasteiger partial charge is 3.00 e. The van der Waals surface area contributed by atoms with Crippen LogP contribution in [0.2, 0.25) is 0 Å². The molecule has 61 valence electrons. The standard InChI is InChI=1S/6ClH.Dy.Tb/h6*1H;;/q;;;;;;2*+3/p-6. The van der Waals surface area contributed by atoms with Crippen LogP contribution >= 0.6 is 0 Å². The number of hydrogen-bond donors (Lipinski definition) is 0. The predicted octanol–water partition coefficient (Wildman–Crippen LogP) is -18.0. The van der Waals surface area contributed by atoms with Crippen molar-refractivity contribution in [2.24, 2.45) is 0 Å². The van der Waals surface area contributed by atoms with Gasteiger partial charge >= 0.3 is 76.8 Å². The number of halogens is 6. The number of hydrogen-bond acceptors (Lipinski definition) is 0. The number of rotatable bonds is 0. The summed E-state index contributed by atoms with van der Waals surface area (Å²) in [5.41, 5.74) is 0. The van der Waals surface area contributed by atoms with Crippen LogP contribution in [0, 0.1) is 76.8 Å². The van der Waals surface area contributed by atoms with E-state index < -0.39 is 0 Å². The molecule has 0 saturated carbocycles. The molecule has 8 heavy (non-hydrogen) atoms. The molecule has 0 aliphatic carbocycles. The van der Waals surface area contributed by atoms with E-state index in [1.807, 2.05) is 0 Å². The molecule has 0 unspecified atom stereocenters. The van der Waals surface area contributed by atoms with Crippen molar-refractivity contribution >= 4 is 0 Å². The smallest absolute Gasteiger partial charge is 1.00 e. The summed E-state index contributed by atoms with van der Waals surface area (Å²) in [5, 5.41) is 0. The van der Waals surface area contributed by atoms with Crippen LogP contribution in [0.1, 0.15) is 0 Å². The van der Waals surface area contributed by atoms with Gasteiger partial charge in [0, 0.05) is 0 Å². The van der Waals surface area contributed by atoms with Crippen LogP contribution < -0.4 is 74.4 Å². The molecule has 0 heterocycles. The Labute approximate surface area is 148 Å². The van der Waals surface area contributed by atoms with Gasteiger partial charge in [-0.15, -0.1) is 0 Å². The molecule has 0 spiro atoms. The van der Waals surface area contributed by atoms with E-state index in [0.29, 0.717) is 0 Å². The van der Waals surface area contributed by atoms with Gasteiger partial charge in [-0.05, 0) is 0 Å². The Balaban J connectivity index is 0. The Morgan fingerprint density at radius 1 is 0.375 bits per heavy atom. The molecule has 8 heteroatoms. The molecular formula is Cl6DyTb. The van der Waals surface area contributed by atoms with Crippen LogP contribution in [0.4, 0.5) is 0 Å². The van der Waals surface area contributed by atoms with Gasteiger partial charge < -0.3 is 74.4 Å². The normalized spacial score (nSPS) is 0. The first-order valence-corrected chi connectivity index (χ1v) is 0. The van der Waals surface area contributed by atoms with Gasteiger partial charge in [0.05, 0.1) is 0 Å². The molecule has 0 aliphatic rings. The van der Waals surface area contributed by atoms with E-state index in [0.717, 1.165) is 0 Å². The summed E-state index contributed by atoms with van der Waals surface area (Å²) in [6.45, 7) is 0. The molecule has 0 aromatic heterocycles. The van der Waals surface area contributed by atoms with Gasteiger partial charge in [-0.1, -0.05) is 0 Å². The summed E-state index contributed by atoms with van der Waals surface area (Å²) in [6, 6.07) is 0. The van der Waals surface area contributed by atoms with Crippen molar-refractivity contribution in [3.8, 4) is 0 Å². The third-order valence-corrected chi connectivity index (χ3v) is 0. The Kier molecular flexibility index (Phi) is 689. The first-order chi connectivity index (χ1) is 0. The maximum absolute atomic E-state index is 0. The topological polar surface area (TPSA) is 0 Å². The molecule has 0 bridgehead atoms. The van der Waals surface area contributed by atoms with E-state index in [9.17, 15) is 0 Å². The van der Waals surface area contributed by atoms with Crippen molar-refractivity contribution in [3.63, 3.8) is 0 Å². The van der Waals surface area contributed by atoms with Crippen molar-refractivity contribution in [1.29, 1.82) is 0 Å². The molecule has 0 aromatic carbocycles. The van der Waals surface area contributed by atoms with Crippen LogP contribution in [0.5, 0.6) is 0 Å². The molecular weight excluding hydrogens is 534 g/mol. The van der Waals surface area contributed by atoms with E-state index in [4.69, 9.17) is 0 Å². The molecule has 0 saturated heterocycles. The maximum Gasteiger partial charge on any atom is 3.00 e. The third kappa shape index (κ3) is 48.2. The van der Waals surface area contributed by atoms with Gasteiger partial charge in [0.25, 0.3) is 0 Å². The molecule has 1 radical (unpaired) electrons. The molecule has 0 N–H and O–H groups in total. The van der Waals surface area contributed by atoms with Crippen molar-refractivity contribution in [2.75, 3.05) is 0 Å². The average Bonchev–Trinajstić information content (AvgIpc) is 0. The summed E-state index contributed by atoms with van der Waals surface area (Å²) >= 11 is 0. The molecule has 0 amide bonds. The fraction of sp³-hybridized carbons (Fsp3) is 0. The molecule has 0 fully saturated rings. The zero-order valence-corrected chi connectivity index (χ0v) is 11.6. The Morgan fingerprint density at radius 3 is 0.375 bits per heavy atom. The van der Waals surface area contributed by atoms with Crippen LogP contribution in [-0.2, 0) is 0 Å². The predicted molar refractivity (Wildman–Crippen MR) is 0 cm³/mol. The van der Waals surface area contributed by atoms with Crippen LogP contribution in [0.25, 0.3) is 0 Å². The Morgan fingerprint density at radius 2 is 0.375 bits per heavy atom. The minimum Gasteiger partial charge on any atom is -1.00 e. The summed E-state index contributed by atoms with van der Waals surface area (Å²) in [7, 11) is 0. The molecule has 0 atom stereocenters. The van der Waals surface area contributed by atoms with Gasteiger partial charge in [-0.25, -0.2) is 0 Å². The van der Waals surface area contributed by atoms with Gasteiger partial charge in [0.2, 0.25) is 0 Å². The summed E-state index contributed by atoms with van der Waals surface area (Å²) in [4.78, 5) is 0. The summed E-state index contributed by atoms with van der Waals surface area (Å²) < 4.78 is 0. The zero-order valence-electron chi connectivity index (χ0n) is 2.92. The van der Waals surface area contributed by atoms with Crippen LogP contribution in [-0.4, -0.2) is 0 Å². The van der Waals surface area contributed by atoms with Crippen molar-refractivity contribution < 1.29 is 151 Å². The van der Waals surface area contributed by atoms with Gasteiger partial charge in [-0.3, -0.25) is 0 Å². The van der Waals surface area contributed by atoms with Gasteiger partial charge in [0.15, 0.2) is 0 Å².